The minimum absolute atomic E-state index is 0.0245. The van der Waals surface area contributed by atoms with E-state index in [4.69, 9.17) is 0 Å². The van der Waals surface area contributed by atoms with Crippen LogP contribution >= 0.6 is 0 Å². The average Bonchev–Trinajstić information content (AvgIpc) is 2.33. The van der Waals surface area contributed by atoms with E-state index in [1.165, 1.54) is 0 Å². The van der Waals surface area contributed by atoms with Crippen molar-refractivity contribution in [2.45, 2.75) is 26.3 Å². The summed E-state index contributed by atoms with van der Waals surface area (Å²) >= 11 is 0. The monoisotopic (exact) mass is 231 g/mol. The van der Waals surface area contributed by atoms with Crippen LogP contribution in [0.15, 0.2) is 30.3 Å². The molecule has 0 radical (unpaired) electrons. The summed E-state index contributed by atoms with van der Waals surface area (Å²) in [4.78, 5) is 24.9. The van der Waals surface area contributed by atoms with Crippen molar-refractivity contribution in [3.8, 4) is 0 Å². The number of hydrogen-bond donors (Lipinski definition) is 0. The second kappa shape index (κ2) is 5.13. The number of carbonyl (C=O) groups excluding carboxylic acids is 2. The topological polar surface area (TPSA) is 37.4 Å². The summed E-state index contributed by atoms with van der Waals surface area (Å²) < 4.78 is 0. The molecule has 1 heterocycles. The molecule has 1 fully saturated rings. The number of Topliss-reactive ketones (excluding diaryl/α,β-unsaturated/α-hetero) is 1. The summed E-state index contributed by atoms with van der Waals surface area (Å²) in [6, 6.07) is 9.90. The van der Waals surface area contributed by atoms with Gasteiger partial charge in [-0.1, -0.05) is 30.3 Å². The van der Waals surface area contributed by atoms with Gasteiger partial charge < -0.3 is 4.90 Å². The van der Waals surface area contributed by atoms with Gasteiger partial charge in [-0.15, -0.1) is 0 Å². The number of piperidine rings is 1. The van der Waals surface area contributed by atoms with Gasteiger partial charge in [-0.05, 0) is 18.9 Å². The predicted octanol–water partition coefficient (Wildman–Crippen LogP) is 2.01. The Balaban J connectivity index is 2.04. The molecule has 17 heavy (non-hydrogen) atoms. The molecule has 0 spiro atoms. The van der Waals surface area contributed by atoms with Crippen LogP contribution in [0, 0.1) is 5.92 Å². The molecule has 1 aliphatic rings. The highest BCUT2D eigenvalue weighted by Gasteiger charge is 2.27. The number of likely N-dealkylation sites (tertiary alicyclic amines) is 1. The third kappa shape index (κ3) is 2.93. The van der Waals surface area contributed by atoms with E-state index in [0.29, 0.717) is 25.9 Å². The molecule has 0 aliphatic carbocycles. The number of benzene rings is 1. The largest absolute Gasteiger partial charge is 0.338 e. The highest BCUT2D eigenvalue weighted by molar-refractivity contribution is 5.83. The second-order valence-electron chi connectivity index (χ2n) is 4.61. The fourth-order valence-corrected chi connectivity index (χ4v) is 2.20. The van der Waals surface area contributed by atoms with E-state index in [1.54, 1.807) is 11.8 Å². The zero-order valence-electron chi connectivity index (χ0n) is 10.1. The van der Waals surface area contributed by atoms with Crippen LogP contribution in [-0.2, 0) is 16.1 Å². The van der Waals surface area contributed by atoms with Gasteiger partial charge in [0.05, 0.1) is 0 Å². The Hall–Kier alpha value is -1.64. The van der Waals surface area contributed by atoms with Gasteiger partial charge in [0.25, 0.3) is 0 Å². The second-order valence-corrected chi connectivity index (χ2v) is 4.61. The van der Waals surface area contributed by atoms with E-state index in [1.807, 2.05) is 30.3 Å². The van der Waals surface area contributed by atoms with Crippen LogP contribution in [0.1, 0.15) is 25.3 Å². The maximum Gasteiger partial charge on any atom is 0.222 e. The normalized spacial score (nSPS) is 20.4. The molecule has 0 saturated carbocycles. The lowest BCUT2D eigenvalue weighted by Crippen LogP contribution is -2.41. The van der Waals surface area contributed by atoms with Crippen molar-refractivity contribution in [1.82, 2.24) is 4.90 Å². The Morgan fingerprint density at radius 1 is 1.35 bits per heavy atom. The van der Waals surface area contributed by atoms with Crippen LogP contribution in [0.5, 0.6) is 0 Å². The van der Waals surface area contributed by atoms with Crippen LogP contribution in [0.25, 0.3) is 0 Å². The van der Waals surface area contributed by atoms with E-state index in [0.717, 1.165) is 5.56 Å². The van der Waals surface area contributed by atoms with Gasteiger partial charge in [0.15, 0.2) is 0 Å². The molecule has 1 unspecified atom stereocenters. The first kappa shape index (κ1) is 11.8. The standard InChI is InChI=1S/C14H17NO2/c1-11(16)13-7-8-14(17)15(10-13)9-12-5-3-2-4-6-12/h2-6,13H,7-10H2,1H3. The number of carbonyl (C=O) groups is 2. The van der Waals surface area contributed by atoms with Gasteiger partial charge >= 0.3 is 0 Å². The smallest absolute Gasteiger partial charge is 0.222 e. The van der Waals surface area contributed by atoms with Gasteiger partial charge in [-0.25, -0.2) is 0 Å². The quantitative estimate of drug-likeness (QED) is 0.798. The first-order valence-corrected chi connectivity index (χ1v) is 5.99. The van der Waals surface area contributed by atoms with Crippen LogP contribution in [0.3, 0.4) is 0 Å². The van der Waals surface area contributed by atoms with Crippen LogP contribution in [0.4, 0.5) is 0 Å². The fraction of sp³-hybridized carbons (Fsp3) is 0.429. The minimum atomic E-state index is 0.0245. The molecule has 2 rings (SSSR count). The number of rotatable bonds is 3. The van der Waals surface area contributed by atoms with Crippen molar-refractivity contribution in [2.24, 2.45) is 5.92 Å². The third-order valence-electron chi connectivity index (χ3n) is 3.29. The molecule has 3 heteroatoms. The molecule has 1 aromatic rings. The van der Waals surface area contributed by atoms with Crippen molar-refractivity contribution in [1.29, 1.82) is 0 Å². The first-order chi connectivity index (χ1) is 8.16. The number of amides is 1. The van der Waals surface area contributed by atoms with Gasteiger partial charge in [0.1, 0.15) is 5.78 Å². The number of hydrogen-bond acceptors (Lipinski definition) is 2. The predicted molar refractivity (Wildman–Crippen MR) is 65.3 cm³/mol. The molecule has 1 aliphatic heterocycles. The molecule has 0 N–H and O–H groups in total. The van der Waals surface area contributed by atoms with Crippen molar-refractivity contribution < 1.29 is 9.59 Å². The zero-order chi connectivity index (χ0) is 12.3. The summed E-state index contributed by atoms with van der Waals surface area (Å²) in [5, 5.41) is 0. The maximum absolute atomic E-state index is 11.8. The zero-order valence-corrected chi connectivity index (χ0v) is 10.1. The molecule has 1 amide bonds. The van der Waals surface area contributed by atoms with E-state index in [-0.39, 0.29) is 17.6 Å². The summed E-state index contributed by atoms with van der Waals surface area (Å²) in [5.74, 6) is 0.373. The van der Waals surface area contributed by atoms with Gasteiger partial charge in [-0.3, -0.25) is 9.59 Å². The highest BCUT2D eigenvalue weighted by atomic mass is 16.2. The Bertz CT molecular complexity index is 413. The minimum Gasteiger partial charge on any atom is -0.338 e. The molecular formula is C14H17NO2. The van der Waals surface area contributed by atoms with Crippen LogP contribution in [0.2, 0.25) is 0 Å². The van der Waals surface area contributed by atoms with Gasteiger partial charge in [0, 0.05) is 25.4 Å². The van der Waals surface area contributed by atoms with Crippen molar-refractivity contribution in [3.05, 3.63) is 35.9 Å². The van der Waals surface area contributed by atoms with Crippen molar-refractivity contribution in [3.63, 3.8) is 0 Å². The summed E-state index contributed by atoms with van der Waals surface area (Å²) in [7, 11) is 0. The lowest BCUT2D eigenvalue weighted by atomic mass is 9.94. The van der Waals surface area contributed by atoms with Gasteiger partial charge in [-0.2, -0.15) is 0 Å². The highest BCUT2D eigenvalue weighted by Crippen LogP contribution is 2.20. The Labute approximate surface area is 101 Å². The van der Waals surface area contributed by atoms with E-state index >= 15 is 0 Å². The average molecular weight is 231 g/mol. The van der Waals surface area contributed by atoms with E-state index in [9.17, 15) is 9.59 Å². The molecule has 1 aromatic carbocycles. The Morgan fingerprint density at radius 3 is 2.71 bits per heavy atom. The lowest BCUT2D eigenvalue weighted by Gasteiger charge is -2.31. The van der Waals surface area contributed by atoms with E-state index < -0.39 is 0 Å². The summed E-state index contributed by atoms with van der Waals surface area (Å²) in [6.07, 6.45) is 1.20. The summed E-state index contributed by atoms with van der Waals surface area (Å²) in [6.45, 7) is 2.80. The Kier molecular flexibility index (Phi) is 3.57. The molecule has 90 valence electrons. The number of nitrogens with zero attached hydrogens (tertiary/aromatic N) is 1. The maximum atomic E-state index is 11.8. The molecule has 1 atom stereocenters. The lowest BCUT2D eigenvalue weighted by molar-refractivity contribution is -0.137. The van der Waals surface area contributed by atoms with Crippen molar-refractivity contribution in [2.75, 3.05) is 6.54 Å². The molecule has 3 nitrogen and oxygen atoms in total. The summed E-state index contributed by atoms with van der Waals surface area (Å²) in [5.41, 5.74) is 1.12. The number of ketones is 1. The van der Waals surface area contributed by atoms with Crippen molar-refractivity contribution >= 4 is 11.7 Å². The fourth-order valence-electron chi connectivity index (χ4n) is 2.20. The van der Waals surface area contributed by atoms with Gasteiger partial charge in [0.2, 0.25) is 5.91 Å². The first-order valence-electron chi connectivity index (χ1n) is 5.99. The van der Waals surface area contributed by atoms with Crippen LogP contribution in [-0.4, -0.2) is 23.1 Å². The molecule has 0 aromatic heterocycles. The molecular weight excluding hydrogens is 214 g/mol. The van der Waals surface area contributed by atoms with E-state index in [2.05, 4.69) is 0 Å². The molecule has 1 saturated heterocycles. The van der Waals surface area contributed by atoms with Crippen LogP contribution < -0.4 is 0 Å². The SMILES string of the molecule is CC(=O)C1CCC(=O)N(Cc2ccccc2)C1. The third-order valence-corrected chi connectivity index (χ3v) is 3.29. The Morgan fingerprint density at radius 2 is 2.06 bits per heavy atom. The molecule has 0 bridgehead atoms.